The number of nitrogens with one attached hydrogen (secondary N) is 1. The Morgan fingerprint density at radius 3 is 2.69 bits per heavy atom. The lowest BCUT2D eigenvalue weighted by atomic mass is 10.3. The zero-order chi connectivity index (χ0) is 11.7. The number of hydrogen-bond acceptors (Lipinski definition) is 3. The van der Waals surface area contributed by atoms with E-state index in [1.54, 1.807) is 17.1 Å². The second kappa shape index (κ2) is 3.80. The molecule has 2 aromatic heterocycles. The highest BCUT2D eigenvalue weighted by molar-refractivity contribution is 5.92. The molecule has 2 heterocycles. The van der Waals surface area contributed by atoms with Crippen LogP contribution in [0.1, 0.15) is 11.4 Å². The van der Waals surface area contributed by atoms with Crippen LogP contribution in [0.25, 0.3) is 0 Å². The van der Waals surface area contributed by atoms with Crippen LogP contribution in [0.4, 0.5) is 10.5 Å². The molecule has 0 atom stereocenters. The summed E-state index contributed by atoms with van der Waals surface area (Å²) >= 11 is 0. The molecule has 0 aliphatic carbocycles. The van der Waals surface area contributed by atoms with Crippen LogP contribution in [0.2, 0.25) is 0 Å². The van der Waals surface area contributed by atoms with Crippen molar-refractivity contribution in [1.82, 2.24) is 19.3 Å². The number of imidazole rings is 1. The quantitative estimate of drug-likeness (QED) is 0.786. The normalized spacial score (nSPS) is 10.4. The first-order valence-corrected chi connectivity index (χ1v) is 4.89. The van der Waals surface area contributed by atoms with Crippen LogP contribution in [-0.4, -0.2) is 25.4 Å². The number of anilines is 1. The lowest BCUT2D eigenvalue weighted by Crippen LogP contribution is -2.18. The van der Waals surface area contributed by atoms with Gasteiger partial charge in [0.15, 0.2) is 0 Å². The molecule has 1 N–H and O–H groups in total. The Labute approximate surface area is 92.9 Å². The fourth-order valence-electron chi connectivity index (χ4n) is 1.51. The molecule has 0 aliphatic rings. The van der Waals surface area contributed by atoms with Crippen LogP contribution in [0, 0.1) is 13.8 Å². The minimum Gasteiger partial charge on any atom is -0.304 e. The molecule has 16 heavy (non-hydrogen) atoms. The summed E-state index contributed by atoms with van der Waals surface area (Å²) < 4.78 is 3.12. The fraction of sp³-hybridized carbons (Fsp3) is 0.300. The molecule has 0 spiro atoms. The Hall–Kier alpha value is -2.11. The number of carbonyl (C=O) groups is 1. The zero-order valence-corrected chi connectivity index (χ0v) is 9.43. The molecular weight excluding hydrogens is 206 g/mol. The summed E-state index contributed by atoms with van der Waals surface area (Å²) in [5.41, 5.74) is 2.47. The molecule has 0 radical (unpaired) electrons. The van der Waals surface area contributed by atoms with E-state index in [-0.39, 0.29) is 6.03 Å². The minimum atomic E-state index is -0.239. The minimum absolute atomic E-state index is 0.239. The third kappa shape index (κ3) is 1.69. The van der Waals surface area contributed by atoms with Crippen molar-refractivity contribution in [2.75, 3.05) is 5.32 Å². The van der Waals surface area contributed by atoms with E-state index in [4.69, 9.17) is 0 Å². The molecular formula is C10H13N5O. The number of hydrogen-bond donors (Lipinski definition) is 1. The molecule has 0 saturated heterocycles. The zero-order valence-electron chi connectivity index (χ0n) is 9.43. The SMILES string of the molecule is Cc1nn(C)c(C)c1NC(=O)n1ccnc1. The van der Waals surface area contributed by atoms with Crippen LogP contribution >= 0.6 is 0 Å². The van der Waals surface area contributed by atoms with Crippen molar-refractivity contribution in [1.29, 1.82) is 0 Å². The largest absolute Gasteiger partial charge is 0.331 e. The van der Waals surface area contributed by atoms with Crippen molar-refractivity contribution < 1.29 is 4.79 Å². The van der Waals surface area contributed by atoms with Crippen molar-refractivity contribution in [3.05, 3.63) is 30.1 Å². The van der Waals surface area contributed by atoms with E-state index < -0.39 is 0 Å². The second-order valence-corrected chi connectivity index (χ2v) is 3.57. The molecule has 0 fully saturated rings. The number of amides is 1. The highest BCUT2D eigenvalue weighted by Crippen LogP contribution is 2.18. The summed E-state index contributed by atoms with van der Waals surface area (Å²) in [7, 11) is 1.84. The standard InChI is InChI=1S/C10H13N5O/c1-7-9(8(2)14(3)13-7)12-10(16)15-5-4-11-6-15/h4-6H,1-3H3,(H,12,16). The average Bonchev–Trinajstić information content (AvgIpc) is 2.83. The predicted octanol–water partition coefficient (Wildman–Crippen LogP) is 1.31. The smallest absolute Gasteiger partial charge is 0.304 e. The first-order valence-electron chi connectivity index (χ1n) is 4.89. The highest BCUT2D eigenvalue weighted by atomic mass is 16.2. The summed E-state index contributed by atoms with van der Waals surface area (Å²) in [4.78, 5) is 15.6. The molecule has 2 aromatic rings. The summed E-state index contributed by atoms with van der Waals surface area (Å²) in [5, 5.41) is 7.02. The molecule has 1 amide bonds. The lowest BCUT2D eigenvalue weighted by Gasteiger charge is -2.05. The van der Waals surface area contributed by atoms with Gasteiger partial charge in [-0.05, 0) is 13.8 Å². The third-order valence-electron chi connectivity index (χ3n) is 2.48. The maximum absolute atomic E-state index is 11.8. The number of aromatic nitrogens is 4. The van der Waals surface area contributed by atoms with Crippen LogP contribution in [-0.2, 0) is 7.05 Å². The fourth-order valence-corrected chi connectivity index (χ4v) is 1.51. The number of rotatable bonds is 1. The maximum Gasteiger partial charge on any atom is 0.331 e. The topological polar surface area (TPSA) is 64.7 Å². The Morgan fingerprint density at radius 1 is 1.44 bits per heavy atom. The van der Waals surface area contributed by atoms with Gasteiger partial charge in [-0.1, -0.05) is 0 Å². The predicted molar refractivity (Wildman–Crippen MR) is 59.3 cm³/mol. The van der Waals surface area contributed by atoms with Gasteiger partial charge in [0.2, 0.25) is 0 Å². The van der Waals surface area contributed by atoms with E-state index in [1.807, 2.05) is 20.9 Å². The molecule has 0 aromatic carbocycles. The molecule has 84 valence electrons. The van der Waals surface area contributed by atoms with Gasteiger partial charge in [-0.15, -0.1) is 0 Å². The van der Waals surface area contributed by atoms with Gasteiger partial charge in [-0.2, -0.15) is 5.10 Å². The van der Waals surface area contributed by atoms with Crippen LogP contribution in [0.5, 0.6) is 0 Å². The van der Waals surface area contributed by atoms with Crippen LogP contribution in [0.3, 0.4) is 0 Å². The van der Waals surface area contributed by atoms with Gasteiger partial charge in [0.1, 0.15) is 6.33 Å². The maximum atomic E-state index is 11.8. The summed E-state index contributed by atoms with van der Waals surface area (Å²) in [6.45, 7) is 3.76. The third-order valence-corrected chi connectivity index (χ3v) is 2.48. The van der Waals surface area contributed by atoms with Gasteiger partial charge < -0.3 is 5.32 Å². The molecule has 0 saturated carbocycles. The number of aryl methyl sites for hydroxylation is 2. The van der Waals surface area contributed by atoms with Gasteiger partial charge in [0, 0.05) is 19.4 Å². The van der Waals surface area contributed by atoms with Gasteiger partial charge in [-0.25, -0.2) is 9.78 Å². The van der Waals surface area contributed by atoms with Crippen LogP contribution in [0.15, 0.2) is 18.7 Å². The number of nitrogens with zero attached hydrogens (tertiary/aromatic N) is 4. The lowest BCUT2D eigenvalue weighted by molar-refractivity contribution is 0.253. The first kappa shape index (κ1) is 10.4. The van der Waals surface area contributed by atoms with Crippen molar-refractivity contribution in [3.63, 3.8) is 0 Å². The van der Waals surface area contributed by atoms with Gasteiger partial charge in [0.05, 0.1) is 17.1 Å². The molecule has 0 bridgehead atoms. The molecule has 2 rings (SSSR count). The van der Waals surface area contributed by atoms with Gasteiger partial charge in [0.25, 0.3) is 0 Å². The van der Waals surface area contributed by atoms with Crippen LogP contribution < -0.4 is 5.32 Å². The van der Waals surface area contributed by atoms with E-state index in [0.29, 0.717) is 0 Å². The van der Waals surface area contributed by atoms with E-state index in [0.717, 1.165) is 17.1 Å². The Kier molecular flexibility index (Phi) is 2.47. The van der Waals surface area contributed by atoms with Crippen molar-refractivity contribution in [2.45, 2.75) is 13.8 Å². The summed E-state index contributed by atoms with van der Waals surface area (Å²) in [5.74, 6) is 0. The van der Waals surface area contributed by atoms with E-state index in [9.17, 15) is 4.79 Å². The van der Waals surface area contributed by atoms with E-state index in [1.165, 1.54) is 10.9 Å². The van der Waals surface area contributed by atoms with Gasteiger partial charge in [-0.3, -0.25) is 9.25 Å². The second-order valence-electron chi connectivity index (χ2n) is 3.57. The molecule has 6 nitrogen and oxygen atoms in total. The summed E-state index contributed by atoms with van der Waals surface area (Å²) in [6.07, 6.45) is 4.61. The van der Waals surface area contributed by atoms with Crippen molar-refractivity contribution in [3.8, 4) is 0 Å². The first-order chi connectivity index (χ1) is 7.59. The van der Waals surface area contributed by atoms with Crippen molar-refractivity contribution in [2.24, 2.45) is 7.05 Å². The Morgan fingerprint density at radius 2 is 2.19 bits per heavy atom. The number of carbonyl (C=O) groups excluding carboxylic acids is 1. The van der Waals surface area contributed by atoms with Gasteiger partial charge >= 0.3 is 6.03 Å². The van der Waals surface area contributed by atoms with Crippen molar-refractivity contribution >= 4 is 11.7 Å². The Balaban J connectivity index is 2.25. The summed E-state index contributed by atoms with van der Waals surface area (Å²) in [6, 6.07) is -0.239. The molecule has 0 aliphatic heterocycles. The van der Waals surface area contributed by atoms with E-state index in [2.05, 4.69) is 15.4 Å². The molecule has 6 heteroatoms. The average molecular weight is 219 g/mol. The molecule has 0 unspecified atom stereocenters. The van der Waals surface area contributed by atoms with E-state index >= 15 is 0 Å². The monoisotopic (exact) mass is 219 g/mol. The Bertz CT molecular complexity index is 512. The highest BCUT2D eigenvalue weighted by Gasteiger charge is 2.12.